The average molecular weight is 472 g/mol. The molecule has 2 aliphatic carbocycles. The van der Waals surface area contributed by atoms with Crippen molar-refractivity contribution in [1.82, 2.24) is 5.32 Å². The van der Waals surface area contributed by atoms with E-state index >= 15 is 0 Å². The predicted molar refractivity (Wildman–Crippen MR) is 141 cm³/mol. The second-order valence-corrected chi connectivity index (χ2v) is 11.3. The molecule has 0 aromatic heterocycles. The Labute approximate surface area is 209 Å². The Morgan fingerprint density at radius 1 is 1.03 bits per heavy atom. The maximum atomic E-state index is 13.7. The smallest absolute Gasteiger partial charge is 0.239 e. The predicted octanol–water partition coefficient (Wildman–Crippen LogP) is 6.06. The first-order valence-corrected chi connectivity index (χ1v) is 13.1. The highest BCUT2D eigenvalue weighted by atomic mass is 16.2. The van der Waals surface area contributed by atoms with E-state index in [1.165, 1.54) is 24.8 Å². The van der Waals surface area contributed by atoms with Crippen LogP contribution < -0.4 is 15.5 Å². The summed E-state index contributed by atoms with van der Waals surface area (Å²) in [4.78, 5) is 29.3. The quantitative estimate of drug-likeness (QED) is 0.569. The molecule has 1 heterocycles. The molecule has 1 aliphatic heterocycles. The van der Waals surface area contributed by atoms with Crippen molar-refractivity contribution in [3.8, 4) is 0 Å². The van der Waals surface area contributed by atoms with Gasteiger partial charge in [0, 0.05) is 23.7 Å². The van der Waals surface area contributed by atoms with E-state index in [0.29, 0.717) is 6.42 Å². The number of nitrogens with one attached hydrogen (secondary N) is 2. The molecule has 0 saturated heterocycles. The molecule has 1 atom stereocenters. The van der Waals surface area contributed by atoms with Crippen LogP contribution in [0.3, 0.4) is 0 Å². The highest BCUT2D eigenvalue weighted by Gasteiger charge is 2.42. The minimum absolute atomic E-state index is 0.0245. The van der Waals surface area contributed by atoms with E-state index in [2.05, 4.69) is 72.7 Å². The van der Waals surface area contributed by atoms with E-state index in [0.717, 1.165) is 47.5 Å². The van der Waals surface area contributed by atoms with Crippen LogP contribution in [0, 0.1) is 12.3 Å². The fourth-order valence-corrected chi connectivity index (χ4v) is 6.00. The van der Waals surface area contributed by atoms with Crippen LogP contribution in [-0.2, 0) is 9.59 Å². The van der Waals surface area contributed by atoms with Gasteiger partial charge in [-0.15, -0.1) is 0 Å². The Kier molecular flexibility index (Phi) is 6.43. The van der Waals surface area contributed by atoms with Crippen LogP contribution in [0.5, 0.6) is 0 Å². The van der Waals surface area contributed by atoms with Crippen LogP contribution >= 0.6 is 0 Å². The minimum atomic E-state index is -0.317. The van der Waals surface area contributed by atoms with E-state index in [4.69, 9.17) is 0 Å². The second-order valence-electron chi connectivity index (χ2n) is 11.3. The molecule has 0 bridgehead atoms. The number of hydrogen-bond donors (Lipinski definition) is 2. The Hall–Kier alpha value is -3.08. The minimum Gasteiger partial charge on any atom is -0.357 e. The lowest BCUT2D eigenvalue weighted by Gasteiger charge is -2.38. The van der Waals surface area contributed by atoms with E-state index in [9.17, 15) is 9.59 Å². The molecular weight excluding hydrogens is 434 g/mol. The Bertz CT molecular complexity index is 1140. The molecule has 2 aromatic carbocycles. The third-order valence-electron chi connectivity index (χ3n) is 7.68. The largest absolute Gasteiger partial charge is 0.357 e. The third kappa shape index (κ3) is 5.00. The number of para-hydroxylation sites is 2. The van der Waals surface area contributed by atoms with Crippen molar-refractivity contribution in [2.45, 2.75) is 77.8 Å². The van der Waals surface area contributed by atoms with Gasteiger partial charge in [0.05, 0.1) is 24.0 Å². The average Bonchev–Trinajstić information content (AvgIpc) is 2.94. The van der Waals surface area contributed by atoms with Crippen LogP contribution in [0.15, 0.2) is 59.8 Å². The number of rotatable bonds is 4. The summed E-state index contributed by atoms with van der Waals surface area (Å²) >= 11 is 0. The Balaban J connectivity index is 1.60. The maximum Gasteiger partial charge on any atom is 0.239 e. The summed E-state index contributed by atoms with van der Waals surface area (Å²) in [6.07, 6.45) is 7.01. The van der Waals surface area contributed by atoms with Gasteiger partial charge in [-0.25, -0.2) is 0 Å². The fourth-order valence-electron chi connectivity index (χ4n) is 6.00. The van der Waals surface area contributed by atoms with Crippen molar-refractivity contribution in [3.63, 3.8) is 0 Å². The molecule has 1 fully saturated rings. The van der Waals surface area contributed by atoms with Crippen molar-refractivity contribution in [2.24, 2.45) is 5.41 Å². The van der Waals surface area contributed by atoms with Crippen molar-refractivity contribution < 1.29 is 9.59 Å². The van der Waals surface area contributed by atoms with E-state index in [1.54, 1.807) is 0 Å². The van der Waals surface area contributed by atoms with Crippen LogP contribution in [0.1, 0.15) is 76.0 Å². The SMILES string of the molecule is Cc1ccc([C@H]2C3=C(CC(C)(C)CC3=O)Nc3ccccc3N2CC(=O)NC2CCCCC2)cc1. The Morgan fingerprint density at radius 3 is 2.49 bits per heavy atom. The van der Waals surface area contributed by atoms with Gasteiger partial charge in [0.2, 0.25) is 5.91 Å². The number of amides is 1. The fraction of sp³-hybridized carbons (Fsp3) is 0.467. The van der Waals surface area contributed by atoms with Crippen molar-refractivity contribution in [1.29, 1.82) is 0 Å². The van der Waals surface area contributed by atoms with Crippen molar-refractivity contribution in [2.75, 3.05) is 16.8 Å². The van der Waals surface area contributed by atoms with Gasteiger partial charge in [0.15, 0.2) is 5.78 Å². The molecule has 2 aromatic rings. The van der Waals surface area contributed by atoms with Gasteiger partial charge in [-0.05, 0) is 49.3 Å². The topological polar surface area (TPSA) is 61.4 Å². The first-order valence-electron chi connectivity index (χ1n) is 13.1. The Morgan fingerprint density at radius 2 is 1.74 bits per heavy atom. The summed E-state index contributed by atoms with van der Waals surface area (Å²) in [7, 11) is 0. The molecule has 184 valence electrons. The second kappa shape index (κ2) is 9.52. The van der Waals surface area contributed by atoms with E-state index in [1.807, 2.05) is 12.1 Å². The van der Waals surface area contributed by atoms with Gasteiger partial charge in [-0.1, -0.05) is 75.1 Å². The molecule has 5 rings (SSSR count). The molecule has 2 N–H and O–H groups in total. The van der Waals surface area contributed by atoms with Crippen LogP contribution in [0.25, 0.3) is 0 Å². The zero-order valence-electron chi connectivity index (χ0n) is 21.2. The summed E-state index contributed by atoms with van der Waals surface area (Å²) in [5.41, 5.74) is 5.80. The van der Waals surface area contributed by atoms with Crippen LogP contribution in [0.4, 0.5) is 11.4 Å². The highest BCUT2D eigenvalue weighted by Crippen LogP contribution is 2.48. The van der Waals surface area contributed by atoms with E-state index in [-0.39, 0.29) is 35.7 Å². The van der Waals surface area contributed by atoms with Gasteiger partial charge < -0.3 is 15.5 Å². The monoisotopic (exact) mass is 471 g/mol. The number of fused-ring (bicyclic) bond motifs is 1. The first kappa shape index (κ1) is 23.7. The molecule has 35 heavy (non-hydrogen) atoms. The molecule has 0 radical (unpaired) electrons. The number of carbonyl (C=O) groups is 2. The molecule has 3 aliphatic rings. The number of ketones is 1. The van der Waals surface area contributed by atoms with Crippen molar-refractivity contribution >= 4 is 23.1 Å². The lowest BCUT2D eigenvalue weighted by molar-refractivity contribution is -0.121. The normalized spacial score (nSPS) is 22.1. The number of Topliss-reactive ketones (excluding diaryl/α,β-unsaturated/α-hetero) is 1. The number of hydrogen-bond acceptors (Lipinski definition) is 4. The summed E-state index contributed by atoms with van der Waals surface area (Å²) < 4.78 is 0. The van der Waals surface area contributed by atoms with Crippen molar-refractivity contribution in [3.05, 3.63) is 70.9 Å². The molecule has 5 heteroatoms. The van der Waals surface area contributed by atoms with Gasteiger partial charge in [-0.2, -0.15) is 0 Å². The summed E-state index contributed by atoms with van der Waals surface area (Å²) in [6.45, 7) is 6.59. The maximum absolute atomic E-state index is 13.7. The zero-order valence-corrected chi connectivity index (χ0v) is 21.2. The summed E-state index contributed by atoms with van der Waals surface area (Å²) in [5, 5.41) is 6.92. The number of benzene rings is 2. The molecule has 1 amide bonds. The van der Waals surface area contributed by atoms with Crippen LogP contribution in [-0.4, -0.2) is 24.3 Å². The highest BCUT2D eigenvalue weighted by molar-refractivity contribution is 6.01. The molecule has 0 spiro atoms. The number of carbonyl (C=O) groups excluding carboxylic acids is 2. The zero-order chi connectivity index (χ0) is 24.6. The lowest BCUT2D eigenvalue weighted by atomic mass is 9.73. The molecule has 0 unspecified atom stereocenters. The molecule has 1 saturated carbocycles. The number of aryl methyl sites for hydroxylation is 1. The summed E-state index contributed by atoms with van der Waals surface area (Å²) in [6, 6.07) is 16.5. The number of nitrogens with zero attached hydrogens (tertiary/aromatic N) is 1. The standard InChI is InChI=1S/C30H37N3O2/c1-20-13-15-21(16-14-20)29-28-24(17-30(2,3)18-26(28)34)32-23-11-7-8-12-25(23)33(29)19-27(35)31-22-9-5-4-6-10-22/h7-8,11-16,22,29,32H,4-6,9-10,17-19H2,1-3H3,(H,31,35)/t29-/m0/s1. The third-order valence-corrected chi connectivity index (χ3v) is 7.68. The lowest BCUT2D eigenvalue weighted by Crippen LogP contribution is -2.45. The van der Waals surface area contributed by atoms with Gasteiger partial charge in [0.1, 0.15) is 0 Å². The first-order chi connectivity index (χ1) is 16.8. The summed E-state index contributed by atoms with van der Waals surface area (Å²) in [5.74, 6) is 0.191. The number of anilines is 2. The van der Waals surface area contributed by atoms with E-state index < -0.39 is 0 Å². The molecule has 5 nitrogen and oxygen atoms in total. The van der Waals surface area contributed by atoms with Gasteiger partial charge in [-0.3, -0.25) is 9.59 Å². The van der Waals surface area contributed by atoms with Crippen LogP contribution in [0.2, 0.25) is 0 Å². The van der Waals surface area contributed by atoms with Gasteiger partial charge in [0.25, 0.3) is 0 Å². The number of allylic oxidation sites excluding steroid dienone is 1. The van der Waals surface area contributed by atoms with Gasteiger partial charge >= 0.3 is 0 Å². The molecular formula is C30H37N3O2.